The highest BCUT2D eigenvalue weighted by Gasteiger charge is 2.08. The highest BCUT2D eigenvalue weighted by molar-refractivity contribution is 9.10. The van der Waals surface area contributed by atoms with Gasteiger partial charge in [-0.25, -0.2) is 0 Å². The summed E-state index contributed by atoms with van der Waals surface area (Å²) in [4.78, 5) is 12.1. The second-order valence-corrected chi connectivity index (χ2v) is 5.51. The molecule has 2 rings (SSSR count). The number of rotatable bonds is 2. The highest BCUT2D eigenvalue weighted by atomic mass is 79.9. The second-order valence-electron chi connectivity index (χ2n) is 4.19. The van der Waals surface area contributed by atoms with E-state index in [1.807, 2.05) is 13.0 Å². The third-order valence-corrected chi connectivity index (χ3v) is 3.48. The van der Waals surface area contributed by atoms with Crippen LogP contribution in [0.3, 0.4) is 0 Å². The molecule has 0 unspecified atom stereocenters. The molecule has 0 radical (unpaired) electrons. The molecule has 0 spiro atoms. The summed E-state index contributed by atoms with van der Waals surface area (Å²) >= 11 is 9.32. The second kappa shape index (κ2) is 5.63. The number of aryl methyl sites for hydroxylation is 1. The van der Waals surface area contributed by atoms with Crippen LogP contribution in [-0.2, 0) is 0 Å². The van der Waals surface area contributed by atoms with Gasteiger partial charge in [0.15, 0.2) is 0 Å². The SMILES string of the molecule is Cc1ccc(NC(=O)c2cc(N)cc(Br)c2)cc1Cl. The van der Waals surface area contributed by atoms with Gasteiger partial charge < -0.3 is 11.1 Å². The minimum absolute atomic E-state index is 0.229. The molecule has 2 aromatic carbocycles. The summed E-state index contributed by atoms with van der Waals surface area (Å²) in [6.45, 7) is 1.91. The normalized spacial score (nSPS) is 10.3. The van der Waals surface area contributed by atoms with E-state index in [1.165, 1.54) is 0 Å². The average molecular weight is 340 g/mol. The van der Waals surface area contributed by atoms with Gasteiger partial charge >= 0.3 is 0 Å². The van der Waals surface area contributed by atoms with Gasteiger partial charge in [0, 0.05) is 26.4 Å². The molecule has 0 fully saturated rings. The zero-order valence-corrected chi connectivity index (χ0v) is 12.5. The number of benzene rings is 2. The Balaban J connectivity index is 2.22. The fourth-order valence-corrected chi connectivity index (χ4v) is 2.31. The maximum Gasteiger partial charge on any atom is 0.255 e. The van der Waals surface area contributed by atoms with Gasteiger partial charge in [-0.05, 0) is 42.8 Å². The summed E-state index contributed by atoms with van der Waals surface area (Å²) < 4.78 is 0.764. The van der Waals surface area contributed by atoms with Crippen LogP contribution in [0, 0.1) is 6.92 Å². The summed E-state index contributed by atoms with van der Waals surface area (Å²) in [7, 11) is 0. The summed E-state index contributed by atoms with van der Waals surface area (Å²) in [6.07, 6.45) is 0. The van der Waals surface area contributed by atoms with Crippen molar-refractivity contribution in [3.63, 3.8) is 0 Å². The highest BCUT2D eigenvalue weighted by Crippen LogP contribution is 2.22. The van der Waals surface area contributed by atoms with E-state index >= 15 is 0 Å². The number of nitrogens with two attached hydrogens (primary N) is 1. The van der Waals surface area contributed by atoms with E-state index in [0.29, 0.717) is 22.0 Å². The fourth-order valence-electron chi connectivity index (χ4n) is 1.62. The lowest BCUT2D eigenvalue weighted by atomic mass is 10.1. The Labute approximate surface area is 124 Å². The predicted octanol–water partition coefficient (Wildman–Crippen LogP) is 4.25. The van der Waals surface area contributed by atoms with Crippen molar-refractivity contribution in [2.75, 3.05) is 11.1 Å². The summed E-state index contributed by atoms with van der Waals surface area (Å²) in [5.74, 6) is -0.229. The molecular formula is C14H12BrClN2O. The topological polar surface area (TPSA) is 55.1 Å². The minimum Gasteiger partial charge on any atom is -0.399 e. The maximum atomic E-state index is 12.1. The largest absolute Gasteiger partial charge is 0.399 e. The lowest BCUT2D eigenvalue weighted by molar-refractivity contribution is 0.102. The lowest BCUT2D eigenvalue weighted by Gasteiger charge is -2.08. The molecule has 3 nitrogen and oxygen atoms in total. The van der Waals surface area contributed by atoms with E-state index in [0.717, 1.165) is 10.0 Å². The van der Waals surface area contributed by atoms with Gasteiger partial charge in [-0.2, -0.15) is 0 Å². The van der Waals surface area contributed by atoms with Gasteiger partial charge in [0.25, 0.3) is 5.91 Å². The van der Waals surface area contributed by atoms with Gasteiger partial charge in [-0.3, -0.25) is 4.79 Å². The molecule has 19 heavy (non-hydrogen) atoms. The zero-order chi connectivity index (χ0) is 14.0. The predicted molar refractivity (Wildman–Crippen MR) is 82.7 cm³/mol. The number of nitrogens with one attached hydrogen (secondary N) is 1. The van der Waals surface area contributed by atoms with Crippen LogP contribution in [0.5, 0.6) is 0 Å². The Hall–Kier alpha value is -1.52. The Morgan fingerprint density at radius 3 is 2.63 bits per heavy atom. The molecular weight excluding hydrogens is 328 g/mol. The first-order valence-corrected chi connectivity index (χ1v) is 6.76. The average Bonchev–Trinajstić information content (AvgIpc) is 2.32. The summed E-state index contributed by atoms with van der Waals surface area (Å²) in [5, 5.41) is 3.40. The monoisotopic (exact) mass is 338 g/mol. The van der Waals surface area contributed by atoms with Crippen molar-refractivity contribution >= 4 is 44.8 Å². The number of carbonyl (C=O) groups is 1. The van der Waals surface area contributed by atoms with Crippen LogP contribution >= 0.6 is 27.5 Å². The van der Waals surface area contributed by atoms with Gasteiger partial charge in [0.2, 0.25) is 0 Å². The molecule has 0 aliphatic heterocycles. The fraction of sp³-hybridized carbons (Fsp3) is 0.0714. The Kier molecular flexibility index (Phi) is 4.12. The Bertz CT molecular complexity index is 623. The van der Waals surface area contributed by atoms with E-state index in [9.17, 15) is 4.79 Å². The smallest absolute Gasteiger partial charge is 0.255 e. The first-order chi connectivity index (χ1) is 8.95. The molecule has 5 heteroatoms. The number of hydrogen-bond acceptors (Lipinski definition) is 2. The van der Waals surface area contributed by atoms with Crippen LogP contribution in [0.1, 0.15) is 15.9 Å². The quantitative estimate of drug-likeness (QED) is 0.804. The van der Waals surface area contributed by atoms with Crippen LogP contribution < -0.4 is 11.1 Å². The Morgan fingerprint density at radius 2 is 2.00 bits per heavy atom. The molecule has 0 bridgehead atoms. The van der Waals surface area contributed by atoms with Crippen LogP contribution in [0.4, 0.5) is 11.4 Å². The van der Waals surface area contributed by atoms with Gasteiger partial charge in [0.1, 0.15) is 0 Å². The Morgan fingerprint density at radius 1 is 1.26 bits per heavy atom. The zero-order valence-electron chi connectivity index (χ0n) is 10.2. The number of nitrogen functional groups attached to an aromatic ring is 1. The molecule has 0 saturated heterocycles. The molecule has 0 saturated carbocycles. The van der Waals surface area contributed by atoms with E-state index in [4.69, 9.17) is 17.3 Å². The van der Waals surface area contributed by atoms with Gasteiger partial charge in [-0.15, -0.1) is 0 Å². The number of amides is 1. The molecule has 98 valence electrons. The van der Waals surface area contributed by atoms with Gasteiger partial charge in [-0.1, -0.05) is 33.6 Å². The van der Waals surface area contributed by atoms with Crippen molar-refractivity contribution in [3.8, 4) is 0 Å². The number of halogens is 2. The van der Waals surface area contributed by atoms with Crippen LogP contribution in [-0.4, -0.2) is 5.91 Å². The van der Waals surface area contributed by atoms with Crippen LogP contribution in [0.15, 0.2) is 40.9 Å². The molecule has 0 atom stereocenters. The third-order valence-electron chi connectivity index (χ3n) is 2.61. The first-order valence-electron chi connectivity index (χ1n) is 5.59. The molecule has 0 aliphatic rings. The van der Waals surface area contributed by atoms with Gasteiger partial charge in [0.05, 0.1) is 0 Å². The summed E-state index contributed by atoms with van der Waals surface area (Å²) in [5.41, 5.74) is 8.34. The van der Waals surface area contributed by atoms with Crippen LogP contribution in [0.2, 0.25) is 5.02 Å². The van der Waals surface area contributed by atoms with Crippen molar-refractivity contribution in [1.29, 1.82) is 0 Å². The van der Waals surface area contributed by atoms with Crippen molar-refractivity contribution in [1.82, 2.24) is 0 Å². The molecule has 2 aromatic rings. The number of carbonyl (C=O) groups excluding carboxylic acids is 1. The number of hydrogen-bond donors (Lipinski definition) is 2. The minimum atomic E-state index is -0.229. The molecule has 0 aromatic heterocycles. The van der Waals surface area contributed by atoms with Crippen molar-refractivity contribution in [3.05, 3.63) is 57.0 Å². The first kappa shape index (κ1) is 13.9. The molecule has 0 heterocycles. The van der Waals surface area contributed by atoms with Crippen LogP contribution in [0.25, 0.3) is 0 Å². The van der Waals surface area contributed by atoms with Crippen molar-refractivity contribution in [2.45, 2.75) is 6.92 Å². The van der Waals surface area contributed by atoms with Crippen molar-refractivity contribution < 1.29 is 4.79 Å². The standard InChI is InChI=1S/C14H12BrClN2O/c1-8-2-3-12(7-13(8)16)18-14(19)9-4-10(15)6-11(17)5-9/h2-7H,17H2,1H3,(H,18,19). The van der Waals surface area contributed by atoms with E-state index < -0.39 is 0 Å². The van der Waals surface area contributed by atoms with E-state index in [2.05, 4.69) is 21.2 Å². The molecule has 0 aliphatic carbocycles. The number of anilines is 2. The molecule has 1 amide bonds. The molecule has 3 N–H and O–H groups in total. The lowest BCUT2D eigenvalue weighted by Crippen LogP contribution is -2.12. The van der Waals surface area contributed by atoms with Crippen molar-refractivity contribution in [2.24, 2.45) is 0 Å². The summed E-state index contributed by atoms with van der Waals surface area (Å²) in [6, 6.07) is 10.4. The van der Waals surface area contributed by atoms with E-state index in [-0.39, 0.29) is 5.91 Å². The maximum absolute atomic E-state index is 12.1. The van der Waals surface area contributed by atoms with E-state index in [1.54, 1.807) is 30.3 Å². The third kappa shape index (κ3) is 3.49.